The molecule has 0 aliphatic heterocycles. The smallest absolute Gasteiger partial charge is 0.221 e. The highest BCUT2D eigenvalue weighted by molar-refractivity contribution is 5.88. The number of hydrogen-bond donors (Lipinski definition) is 2. The zero-order chi connectivity index (χ0) is 13.7. The molecule has 19 heavy (non-hydrogen) atoms. The van der Waals surface area contributed by atoms with Crippen molar-refractivity contribution in [1.29, 1.82) is 0 Å². The molecule has 0 unspecified atom stereocenters. The first-order valence-corrected chi connectivity index (χ1v) is 6.30. The van der Waals surface area contributed by atoms with Crippen molar-refractivity contribution in [3.8, 4) is 0 Å². The van der Waals surface area contributed by atoms with E-state index in [9.17, 15) is 4.79 Å². The second kappa shape index (κ2) is 6.05. The summed E-state index contributed by atoms with van der Waals surface area (Å²) in [4.78, 5) is 10.9. The van der Waals surface area contributed by atoms with Crippen LogP contribution in [0, 0.1) is 6.92 Å². The Morgan fingerprint density at radius 2 is 1.53 bits per heavy atom. The van der Waals surface area contributed by atoms with Gasteiger partial charge in [0.2, 0.25) is 5.91 Å². The van der Waals surface area contributed by atoms with Crippen molar-refractivity contribution < 1.29 is 4.79 Å². The van der Waals surface area contributed by atoms with E-state index in [0.717, 1.165) is 17.9 Å². The number of aryl methyl sites for hydroxylation is 1. The summed E-state index contributed by atoms with van der Waals surface area (Å²) in [5.41, 5.74) is 4.36. The molecule has 0 spiro atoms. The topological polar surface area (TPSA) is 41.1 Å². The quantitative estimate of drug-likeness (QED) is 0.875. The number of carbonyl (C=O) groups is 1. The van der Waals surface area contributed by atoms with Gasteiger partial charge in [0.05, 0.1) is 0 Å². The van der Waals surface area contributed by atoms with Crippen molar-refractivity contribution in [2.75, 3.05) is 10.6 Å². The number of nitrogens with one attached hydrogen (secondary N) is 2. The van der Waals surface area contributed by atoms with Crippen LogP contribution in [0.3, 0.4) is 0 Å². The highest BCUT2D eigenvalue weighted by atomic mass is 16.1. The van der Waals surface area contributed by atoms with E-state index < -0.39 is 0 Å². The van der Waals surface area contributed by atoms with Crippen LogP contribution in [-0.2, 0) is 11.3 Å². The van der Waals surface area contributed by atoms with Gasteiger partial charge in [-0.1, -0.05) is 29.8 Å². The van der Waals surface area contributed by atoms with Crippen molar-refractivity contribution in [3.05, 3.63) is 59.7 Å². The molecule has 1 amide bonds. The lowest BCUT2D eigenvalue weighted by atomic mass is 10.2. The molecule has 3 nitrogen and oxygen atoms in total. The number of benzene rings is 2. The zero-order valence-electron chi connectivity index (χ0n) is 11.2. The first-order chi connectivity index (χ1) is 9.13. The number of amides is 1. The normalized spacial score (nSPS) is 10.0. The standard InChI is InChI=1S/C16H18N2O/c1-12-3-7-15(8-4-12)17-11-14-5-9-16(10-6-14)18-13(2)19/h3-10,17H,11H2,1-2H3,(H,18,19). The Kier molecular flexibility index (Phi) is 4.18. The Hall–Kier alpha value is -2.29. The Labute approximate surface area is 113 Å². The van der Waals surface area contributed by atoms with Gasteiger partial charge in [-0.15, -0.1) is 0 Å². The van der Waals surface area contributed by atoms with Crippen LogP contribution < -0.4 is 10.6 Å². The van der Waals surface area contributed by atoms with Gasteiger partial charge < -0.3 is 10.6 Å². The first kappa shape index (κ1) is 13.1. The van der Waals surface area contributed by atoms with Gasteiger partial charge in [-0.3, -0.25) is 4.79 Å². The third-order valence-corrected chi connectivity index (χ3v) is 2.82. The lowest BCUT2D eigenvalue weighted by Gasteiger charge is -2.08. The van der Waals surface area contributed by atoms with Gasteiger partial charge in [0.15, 0.2) is 0 Å². The van der Waals surface area contributed by atoms with E-state index >= 15 is 0 Å². The summed E-state index contributed by atoms with van der Waals surface area (Å²) in [6.45, 7) is 4.35. The van der Waals surface area contributed by atoms with Gasteiger partial charge in [0, 0.05) is 24.8 Å². The highest BCUT2D eigenvalue weighted by Crippen LogP contribution is 2.13. The number of hydrogen-bond acceptors (Lipinski definition) is 2. The maximum Gasteiger partial charge on any atom is 0.221 e. The Morgan fingerprint density at radius 3 is 2.11 bits per heavy atom. The fourth-order valence-electron chi connectivity index (χ4n) is 1.78. The number of rotatable bonds is 4. The van der Waals surface area contributed by atoms with Gasteiger partial charge >= 0.3 is 0 Å². The largest absolute Gasteiger partial charge is 0.381 e. The number of carbonyl (C=O) groups excluding carboxylic acids is 1. The van der Waals surface area contributed by atoms with Gasteiger partial charge in [-0.05, 0) is 36.8 Å². The van der Waals surface area contributed by atoms with Crippen molar-refractivity contribution in [3.63, 3.8) is 0 Å². The maximum atomic E-state index is 10.9. The third-order valence-electron chi connectivity index (χ3n) is 2.82. The van der Waals surface area contributed by atoms with Crippen molar-refractivity contribution in [2.24, 2.45) is 0 Å². The van der Waals surface area contributed by atoms with Crippen LogP contribution in [0.1, 0.15) is 18.1 Å². The third kappa shape index (κ3) is 4.14. The average molecular weight is 254 g/mol. The first-order valence-electron chi connectivity index (χ1n) is 6.30. The molecule has 0 saturated carbocycles. The molecular formula is C16H18N2O. The fourth-order valence-corrected chi connectivity index (χ4v) is 1.78. The molecule has 2 N–H and O–H groups in total. The predicted octanol–water partition coefficient (Wildman–Crippen LogP) is 3.57. The van der Waals surface area contributed by atoms with Crippen LogP contribution in [0.5, 0.6) is 0 Å². The molecule has 0 atom stereocenters. The van der Waals surface area contributed by atoms with Gasteiger partial charge in [-0.25, -0.2) is 0 Å². The summed E-state index contributed by atoms with van der Waals surface area (Å²) in [6, 6.07) is 16.1. The van der Waals surface area contributed by atoms with E-state index in [-0.39, 0.29) is 5.91 Å². The van der Waals surface area contributed by atoms with Crippen molar-refractivity contribution in [2.45, 2.75) is 20.4 Å². The molecule has 2 rings (SSSR count). The molecular weight excluding hydrogens is 236 g/mol. The van der Waals surface area contributed by atoms with Crippen LogP contribution in [0.2, 0.25) is 0 Å². The van der Waals surface area contributed by atoms with Crippen LogP contribution >= 0.6 is 0 Å². The van der Waals surface area contributed by atoms with E-state index in [2.05, 4.69) is 41.8 Å². The molecule has 0 aromatic heterocycles. The molecule has 0 bridgehead atoms. The molecule has 0 saturated heterocycles. The molecule has 0 fully saturated rings. The summed E-state index contributed by atoms with van der Waals surface area (Å²) in [5, 5.41) is 6.11. The molecule has 0 aliphatic rings. The monoisotopic (exact) mass is 254 g/mol. The molecule has 2 aromatic carbocycles. The highest BCUT2D eigenvalue weighted by Gasteiger charge is 1.97. The molecule has 0 radical (unpaired) electrons. The minimum absolute atomic E-state index is 0.0504. The van der Waals surface area contributed by atoms with E-state index in [1.807, 2.05) is 24.3 Å². The number of anilines is 2. The van der Waals surface area contributed by atoms with Crippen LogP contribution in [-0.4, -0.2) is 5.91 Å². The Bertz CT molecular complexity index is 544. The second-order valence-electron chi connectivity index (χ2n) is 4.60. The van der Waals surface area contributed by atoms with Gasteiger partial charge in [-0.2, -0.15) is 0 Å². The van der Waals surface area contributed by atoms with Crippen molar-refractivity contribution in [1.82, 2.24) is 0 Å². The summed E-state index contributed by atoms with van der Waals surface area (Å²) < 4.78 is 0. The van der Waals surface area contributed by atoms with Gasteiger partial charge in [0.1, 0.15) is 0 Å². The van der Waals surface area contributed by atoms with Gasteiger partial charge in [0.25, 0.3) is 0 Å². The Balaban J connectivity index is 1.92. The lowest BCUT2D eigenvalue weighted by Crippen LogP contribution is -2.06. The maximum absolute atomic E-state index is 10.9. The van der Waals surface area contributed by atoms with E-state index in [0.29, 0.717) is 0 Å². The molecule has 0 heterocycles. The van der Waals surface area contributed by atoms with Crippen LogP contribution in [0.25, 0.3) is 0 Å². The summed E-state index contributed by atoms with van der Waals surface area (Å²) in [6.07, 6.45) is 0. The SMILES string of the molecule is CC(=O)Nc1ccc(CNc2ccc(C)cc2)cc1. The minimum atomic E-state index is -0.0504. The molecule has 2 aromatic rings. The van der Waals surface area contributed by atoms with Crippen molar-refractivity contribution >= 4 is 17.3 Å². The molecule has 98 valence electrons. The lowest BCUT2D eigenvalue weighted by molar-refractivity contribution is -0.114. The van der Waals surface area contributed by atoms with E-state index in [1.165, 1.54) is 18.1 Å². The average Bonchev–Trinajstić information content (AvgIpc) is 2.39. The second-order valence-corrected chi connectivity index (χ2v) is 4.60. The summed E-state index contributed by atoms with van der Waals surface area (Å²) in [5.74, 6) is -0.0504. The van der Waals surface area contributed by atoms with Crippen LogP contribution in [0.15, 0.2) is 48.5 Å². The van der Waals surface area contributed by atoms with E-state index in [4.69, 9.17) is 0 Å². The van der Waals surface area contributed by atoms with Crippen LogP contribution in [0.4, 0.5) is 11.4 Å². The minimum Gasteiger partial charge on any atom is -0.381 e. The predicted molar refractivity (Wildman–Crippen MR) is 79.3 cm³/mol. The summed E-state index contributed by atoms with van der Waals surface area (Å²) in [7, 11) is 0. The van der Waals surface area contributed by atoms with E-state index in [1.54, 1.807) is 0 Å². The fraction of sp³-hybridized carbons (Fsp3) is 0.188. The molecule has 0 aliphatic carbocycles. The molecule has 3 heteroatoms. The Morgan fingerprint density at radius 1 is 0.947 bits per heavy atom. The zero-order valence-corrected chi connectivity index (χ0v) is 11.2. The summed E-state index contributed by atoms with van der Waals surface area (Å²) >= 11 is 0.